The van der Waals surface area contributed by atoms with Crippen molar-refractivity contribution in [2.75, 3.05) is 27.9 Å². The predicted molar refractivity (Wildman–Crippen MR) is 96.4 cm³/mol. The van der Waals surface area contributed by atoms with E-state index in [4.69, 9.17) is 14.2 Å². The summed E-state index contributed by atoms with van der Waals surface area (Å²) in [5.74, 6) is 1.80. The fourth-order valence-corrected chi connectivity index (χ4v) is 4.30. The molecule has 0 spiro atoms. The second kappa shape index (κ2) is 6.29. The van der Waals surface area contributed by atoms with Crippen LogP contribution >= 0.6 is 0 Å². The van der Waals surface area contributed by atoms with Crippen LogP contribution in [0.5, 0.6) is 28.7 Å². The van der Waals surface area contributed by atoms with Gasteiger partial charge in [-0.15, -0.1) is 0 Å². The van der Waals surface area contributed by atoms with E-state index in [1.54, 1.807) is 20.3 Å². The summed E-state index contributed by atoms with van der Waals surface area (Å²) in [6.07, 6.45) is 1.55. The molecule has 0 aromatic heterocycles. The Morgan fingerprint density at radius 3 is 2.46 bits per heavy atom. The van der Waals surface area contributed by atoms with Crippen LogP contribution in [0.1, 0.15) is 28.3 Å². The maximum absolute atomic E-state index is 10.9. The van der Waals surface area contributed by atoms with Crippen LogP contribution in [-0.2, 0) is 19.4 Å². The van der Waals surface area contributed by atoms with Gasteiger partial charge in [0.25, 0.3) is 0 Å². The molecule has 6 heteroatoms. The molecule has 0 bridgehead atoms. The highest BCUT2D eigenvalue weighted by molar-refractivity contribution is 5.61. The summed E-state index contributed by atoms with van der Waals surface area (Å²) >= 11 is 0. The Labute approximate surface area is 152 Å². The molecule has 2 heterocycles. The molecule has 2 aliphatic rings. The number of fused-ring (bicyclic) bond motifs is 4. The van der Waals surface area contributed by atoms with Crippen molar-refractivity contribution in [3.05, 3.63) is 40.5 Å². The third-order valence-electron chi connectivity index (χ3n) is 5.53. The van der Waals surface area contributed by atoms with Crippen LogP contribution < -0.4 is 14.2 Å². The first-order chi connectivity index (χ1) is 12.6. The number of hydrogen-bond donors (Lipinski definition) is 2. The molecule has 0 fully saturated rings. The minimum atomic E-state index is 0.0558. The Hall–Kier alpha value is -2.60. The van der Waals surface area contributed by atoms with Gasteiger partial charge in [0.05, 0.1) is 21.3 Å². The van der Waals surface area contributed by atoms with Crippen LogP contribution in [0, 0.1) is 0 Å². The Bertz CT molecular complexity index is 864. The molecule has 2 aliphatic heterocycles. The van der Waals surface area contributed by atoms with Gasteiger partial charge in [-0.25, -0.2) is 0 Å². The van der Waals surface area contributed by atoms with E-state index < -0.39 is 0 Å². The third kappa shape index (κ3) is 2.36. The number of phenols is 2. The molecule has 138 valence electrons. The van der Waals surface area contributed by atoms with Crippen molar-refractivity contribution >= 4 is 0 Å². The molecule has 2 aromatic rings. The van der Waals surface area contributed by atoms with Crippen molar-refractivity contribution in [1.82, 2.24) is 4.90 Å². The number of phenolic OH excluding ortho intramolecular Hbond substituents is 2. The second-order valence-electron chi connectivity index (χ2n) is 6.73. The van der Waals surface area contributed by atoms with Gasteiger partial charge in [-0.2, -0.15) is 0 Å². The molecule has 4 rings (SSSR count). The molecule has 26 heavy (non-hydrogen) atoms. The molecule has 0 amide bonds. The maximum Gasteiger partial charge on any atom is 0.203 e. The first-order valence-corrected chi connectivity index (χ1v) is 8.67. The fraction of sp³-hybridized carbons (Fsp3) is 0.400. The molecule has 2 N–H and O–H groups in total. The minimum absolute atomic E-state index is 0.0558. The Morgan fingerprint density at radius 2 is 1.77 bits per heavy atom. The van der Waals surface area contributed by atoms with E-state index in [2.05, 4.69) is 4.90 Å². The first kappa shape index (κ1) is 16.8. The van der Waals surface area contributed by atoms with E-state index >= 15 is 0 Å². The first-order valence-electron chi connectivity index (χ1n) is 8.67. The molecule has 2 aromatic carbocycles. The zero-order valence-corrected chi connectivity index (χ0v) is 15.2. The van der Waals surface area contributed by atoms with Crippen molar-refractivity contribution < 1.29 is 24.4 Å². The van der Waals surface area contributed by atoms with Gasteiger partial charge in [0.2, 0.25) is 5.75 Å². The van der Waals surface area contributed by atoms with Gasteiger partial charge in [-0.3, -0.25) is 4.90 Å². The van der Waals surface area contributed by atoms with Crippen molar-refractivity contribution in [1.29, 1.82) is 0 Å². The van der Waals surface area contributed by atoms with Crippen LogP contribution in [0.3, 0.4) is 0 Å². The number of aromatic hydroxyl groups is 2. The van der Waals surface area contributed by atoms with E-state index in [1.165, 1.54) is 7.11 Å². The largest absolute Gasteiger partial charge is 0.504 e. The standard InChI is InChI=1S/C20H23NO5/c1-24-16-9-12-6-7-21-10-13-11(4-5-15(22)19(13)25-2)8-14(21)17(12)18(23)20(16)26-3/h4-5,9,14,22-23H,6-8,10H2,1-3H3/t14-/m0/s1. The lowest BCUT2D eigenvalue weighted by Crippen LogP contribution is -2.39. The number of rotatable bonds is 3. The zero-order valence-electron chi connectivity index (χ0n) is 15.2. The summed E-state index contributed by atoms with van der Waals surface area (Å²) in [6, 6.07) is 5.64. The van der Waals surface area contributed by atoms with Crippen LogP contribution in [-0.4, -0.2) is 43.0 Å². The minimum Gasteiger partial charge on any atom is -0.504 e. The van der Waals surface area contributed by atoms with E-state index in [0.717, 1.165) is 41.6 Å². The topological polar surface area (TPSA) is 71.4 Å². The fourth-order valence-electron chi connectivity index (χ4n) is 4.30. The molecule has 0 aliphatic carbocycles. The van der Waals surface area contributed by atoms with Crippen molar-refractivity contribution in [2.45, 2.75) is 25.4 Å². The van der Waals surface area contributed by atoms with Gasteiger partial charge in [0.15, 0.2) is 23.0 Å². The average Bonchev–Trinajstić information content (AvgIpc) is 2.65. The zero-order chi connectivity index (χ0) is 18.4. The number of benzene rings is 2. The third-order valence-corrected chi connectivity index (χ3v) is 5.53. The summed E-state index contributed by atoms with van der Waals surface area (Å²) in [5, 5.41) is 21.0. The second-order valence-corrected chi connectivity index (χ2v) is 6.73. The van der Waals surface area contributed by atoms with E-state index in [1.807, 2.05) is 12.1 Å². The van der Waals surface area contributed by atoms with E-state index in [-0.39, 0.29) is 17.5 Å². The lowest BCUT2D eigenvalue weighted by atomic mass is 9.83. The van der Waals surface area contributed by atoms with Gasteiger partial charge in [-0.05, 0) is 36.1 Å². The highest BCUT2D eigenvalue weighted by Crippen LogP contribution is 2.50. The van der Waals surface area contributed by atoms with Gasteiger partial charge < -0.3 is 24.4 Å². The number of ether oxygens (including phenoxy) is 3. The van der Waals surface area contributed by atoms with Crippen LogP contribution in [0.2, 0.25) is 0 Å². The van der Waals surface area contributed by atoms with Gasteiger partial charge in [0, 0.05) is 30.3 Å². The Balaban J connectivity index is 1.82. The number of hydrogen-bond acceptors (Lipinski definition) is 6. The van der Waals surface area contributed by atoms with Crippen molar-refractivity contribution in [3.63, 3.8) is 0 Å². The Kier molecular flexibility index (Phi) is 4.07. The molecule has 0 saturated carbocycles. The van der Waals surface area contributed by atoms with E-state index in [9.17, 15) is 10.2 Å². The summed E-state index contributed by atoms with van der Waals surface area (Å²) in [5.41, 5.74) is 4.15. The number of methoxy groups -OCH3 is 3. The molecular weight excluding hydrogens is 334 g/mol. The summed E-state index contributed by atoms with van der Waals surface area (Å²) in [4.78, 5) is 2.32. The van der Waals surface area contributed by atoms with Crippen LogP contribution in [0.15, 0.2) is 18.2 Å². The lowest BCUT2D eigenvalue weighted by molar-refractivity contribution is 0.153. The molecule has 6 nitrogen and oxygen atoms in total. The summed E-state index contributed by atoms with van der Waals surface area (Å²) in [6.45, 7) is 1.54. The SMILES string of the molecule is COc1cc2c(c(O)c1OC)[C@@H]1Cc3ccc(O)c(OC)c3CN1CC2. The normalized spacial score (nSPS) is 18.5. The predicted octanol–water partition coefficient (Wildman–Crippen LogP) is 2.78. The maximum atomic E-state index is 10.9. The van der Waals surface area contributed by atoms with Crippen LogP contribution in [0.4, 0.5) is 0 Å². The molecule has 0 unspecified atom stereocenters. The summed E-state index contributed by atoms with van der Waals surface area (Å²) in [7, 11) is 4.69. The van der Waals surface area contributed by atoms with E-state index in [0.29, 0.717) is 23.8 Å². The van der Waals surface area contributed by atoms with Gasteiger partial charge in [-0.1, -0.05) is 6.07 Å². The Morgan fingerprint density at radius 1 is 1.00 bits per heavy atom. The van der Waals surface area contributed by atoms with Crippen molar-refractivity contribution in [3.8, 4) is 28.7 Å². The average molecular weight is 357 g/mol. The smallest absolute Gasteiger partial charge is 0.203 e. The molecule has 1 atom stereocenters. The van der Waals surface area contributed by atoms with Gasteiger partial charge >= 0.3 is 0 Å². The molecular formula is C20H23NO5. The lowest BCUT2D eigenvalue weighted by Gasteiger charge is -2.42. The van der Waals surface area contributed by atoms with Crippen LogP contribution in [0.25, 0.3) is 0 Å². The highest BCUT2D eigenvalue weighted by atomic mass is 16.5. The van der Waals surface area contributed by atoms with Gasteiger partial charge in [0.1, 0.15) is 0 Å². The summed E-state index contributed by atoms with van der Waals surface area (Å²) < 4.78 is 16.2. The monoisotopic (exact) mass is 357 g/mol. The highest BCUT2D eigenvalue weighted by Gasteiger charge is 2.37. The molecule has 0 radical (unpaired) electrons. The quantitative estimate of drug-likeness (QED) is 0.880. The number of nitrogens with zero attached hydrogens (tertiary/aromatic N) is 1. The van der Waals surface area contributed by atoms with Crippen molar-refractivity contribution in [2.24, 2.45) is 0 Å². The molecule has 0 saturated heterocycles.